The molecule has 0 aromatic carbocycles. The molecule has 1 fully saturated rings. The van der Waals surface area contributed by atoms with Gasteiger partial charge in [0, 0.05) is 11.0 Å². The number of amides is 1. The molecule has 0 aliphatic heterocycles. The first-order chi connectivity index (χ1) is 8.65. The van der Waals surface area contributed by atoms with E-state index < -0.39 is 6.10 Å². The van der Waals surface area contributed by atoms with E-state index in [-0.39, 0.29) is 11.9 Å². The van der Waals surface area contributed by atoms with Crippen LogP contribution in [0.25, 0.3) is 6.08 Å². The molecule has 98 valence electrons. The summed E-state index contributed by atoms with van der Waals surface area (Å²) >= 11 is 7.23. The molecule has 2 rings (SSSR count). The minimum absolute atomic E-state index is 0.108. The van der Waals surface area contributed by atoms with Gasteiger partial charge in [0.1, 0.15) is 0 Å². The van der Waals surface area contributed by atoms with Gasteiger partial charge in [-0.05, 0) is 31.1 Å². The number of aliphatic hydroxyl groups is 1. The molecule has 0 spiro atoms. The third-order valence-electron chi connectivity index (χ3n) is 3.05. The molecular formula is C13H16ClNO2S. The normalized spacial score (nSPS) is 24.3. The average Bonchev–Trinajstić information content (AvgIpc) is 2.76. The lowest BCUT2D eigenvalue weighted by Gasteiger charge is -2.27. The van der Waals surface area contributed by atoms with Crippen LogP contribution in [-0.2, 0) is 4.79 Å². The third-order valence-corrected chi connectivity index (χ3v) is 4.25. The van der Waals surface area contributed by atoms with Crippen LogP contribution < -0.4 is 5.32 Å². The maximum atomic E-state index is 11.7. The summed E-state index contributed by atoms with van der Waals surface area (Å²) in [5.41, 5.74) is 0. The molecule has 2 N–H and O–H groups in total. The maximum absolute atomic E-state index is 11.7. The molecule has 0 saturated heterocycles. The largest absolute Gasteiger partial charge is 0.391 e. The predicted molar refractivity (Wildman–Crippen MR) is 74.8 cm³/mol. The Balaban J connectivity index is 1.86. The highest BCUT2D eigenvalue weighted by Gasteiger charge is 2.23. The van der Waals surface area contributed by atoms with E-state index in [9.17, 15) is 9.90 Å². The van der Waals surface area contributed by atoms with Gasteiger partial charge in [-0.1, -0.05) is 24.4 Å². The molecule has 1 aromatic heterocycles. The summed E-state index contributed by atoms with van der Waals surface area (Å²) < 4.78 is 0.706. The molecule has 1 aliphatic rings. The maximum Gasteiger partial charge on any atom is 0.244 e. The van der Waals surface area contributed by atoms with Crippen molar-refractivity contribution < 1.29 is 9.90 Å². The van der Waals surface area contributed by atoms with Crippen LogP contribution in [0, 0.1) is 0 Å². The van der Waals surface area contributed by atoms with Crippen LogP contribution in [-0.4, -0.2) is 23.2 Å². The monoisotopic (exact) mass is 285 g/mol. The fourth-order valence-electron chi connectivity index (χ4n) is 2.09. The second-order valence-corrected chi connectivity index (χ2v) is 6.19. The molecule has 1 saturated carbocycles. The first-order valence-electron chi connectivity index (χ1n) is 6.07. The first kappa shape index (κ1) is 13.6. The molecule has 0 bridgehead atoms. The third kappa shape index (κ3) is 3.83. The lowest BCUT2D eigenvalue weighted by Crippen LogP contribution is -2.44. The van der Waals surface area contributed by atoms with Crippen LogP contribution in [0.15, 0.2) is 18.2 Å². The average molecular weight is 286 g/mol. The summed E-state index contributed by atoms with van der Waals surface area (Å²) in [6, 6.07) is 3.56. The second kappa shape index (κ2) is 6.36. The minimum atomic E-state index is -0.410. The zero-order chi connectivity index (χ0) is 13.0. The molecule has 1 amide bonds. The summed E-state index contributed by atoms with van der Waals surface area (Å²) in [6.45, 7) is 0. The highest BCUT2D eigenvalue weighted by molar-refractivity contribution is 7.17. The molecule has 0 radical (unpaired) electrons. The van der Waals surface area contributed by atoms with E-state index in [1.54, 1.807) is 12.1 Å². The van der Waals surface area contributed by atoms with Crippen molar-refractivity contribution in [2.45, 2.75) is 37.8 Å². The lowest BCUT2D eigenvalue weighted by molar-refractivity contribution is -0.118. The molecule has 1 heterocycles. The second-order valence-electron chi connectivity index (χ2n) is 4.44. The molecule has 5 heteroatoms. The number of halogens is 1. The molecule has 18 heavy (non-hydrogen) atoms. The van der Waals surface area contributed by atoms with Crippen molar-refractivity contribution in [3.63, 3.8) is 0 Å². The smallest absolute Gasteiger partial charge is 0.244 e. The number of hydrogen-bond acceptors (Lipinski definition) is 3. The van der Waals surface area contributed by atoms with Gasteiger partial charge in [0.05, 0.1) is 16.5 Å². The van der Waals surface area contributed by atoms with Crippen molar-refractivity contribution in [3.8, 4) is 0 Å². The highest BCUT2D eigenvalue weighted by Crippen LogP contribution is 2.22. The van der Waals surface area contributed by atoms with Gasteiger partial charge in [0.2, 0.25) is 5.91 Å². The SMILES string of the molecule is O=C(C=Cc1ccc(Cl)s1)NC1CCCCC1O. The number of carbonyl (C=O) groups is 1. The fraction of sp³-hybridized carbons (Fsp3) is 0.462. The van der Waals surface area contributed by atoms with Crippen LogP contribution in [0.2, 0.25) is 4.34 Å². The van der Waals surface area contributed by atoms with Gasteiger partial charge < -0.3 is 10.4 Å². The Labute approximate surface area is 115 Å². The van der Waals surface area contributed by atoms with E-state index in [2.05, 4.69) is 5.32 Å². The van der Waals surface area contributed by atoms with Crippen LogP contribution in [0.5, 0.6) is 0 Å². The van der Waals surface area contributed by atoms with Gasteiger partial charge >= 0.3 is 0 Å². The molecule has 3 nitrogen and oxygen atoms in total. The standard InChI is InChI=1S/C13H16ClNO2S/c14-12-7-5-9(18-12)6-8-13(17)15-10-3-1-2-4-11(10)16/h5-8,10-11,16H,1-4H2,(H,15,17). The van der Waals surface area contributed by atoms with E-state index in [0.717, 1.165) is 30.6 Å². The van der Waals surface area contributed by atoms with Crippen molar-refractivity contribution in [1.82, 2.24) is 5.32 Å². The highest BCUT2D eigenvalue weighted by atomic mass is 35.5. The zero-order valence-electron chi connectivity index (χ0n) is 9.93. The Kier molecular flexibility index (Phi) is 4.80. The predicted octanol–water partition coefficient (Wildman–Crippen LogP) is 2.83. The summed E-state index contributed by atoms with van der Waals surface area (Å²) in [6.07, 6.45) is 6.54. The summed E-state index contributed by atoms with van der Waals surface area (Å²) in [7, 11) is 0. The first-order valence-corrected chi connectivity index (χ1v) is 7.26. The summed E-state index contributed by atoms with van der Waals surface area (Å²) in [4.78, 5) is 12.6. The number of nitrogens with one attached hydrogen (secondary N) is 1. The number of carbonyl (C=O) groups excluding carboxylic acids is 1. The van der Waals surface area contributed by atoms with E-state index in [1.165, 1.54) is 17.4 Å². The Bertz CT molecular complexity index is 444. The number of aliphatic hydroxyl groups excluding tert-OH is 1. The number of rotatable bonds is 3. The number of thiophene rings is 1. The van der Waals surface area contributed by atoms with Crippen molar-refractivity contribution in [2.24, 2.45) is 0 Å². The van der Waals surface area contributed by atoms with Gasteiger partial charge in [0.15, 0.2) is 0 Å². The Morgan fingerprint density at radius 1 is 1.44 bits per heavy atom. The summed E-state index contributed by atoms with van der Waals surface area (Å²) in [5.74, 6) is -0.162. The van der Waals surface area contributed by atoms with Gasteiger partial charge in [-0.15, -0.1) is 11.3 Å². The van der Waals surface area contributed by atoms with Crippen LogP contribution in [0.3, 0.4) is 0 Å². The van der Waals surface area contributed by atoms with Crippen LogP contribution >= 0.6 is 22.9 Å². The zero-order valence-corrected chi connectivity index (χ0v) is 11.5. The van der Waals surface area contributed by atoms with Crippen LogP contribution in [0.1, 0.15) is 30.6 Å². The van der Waals surface area contributed by atoms with E-state index >= 15 is 0 Å². The number of hydrogen-bond donors (Lipinski definition) is 2. The van der Waals surface area contributed by atoms with Gasteiger partial charge in [-0.3, -0.25) is 4.79 Å². The van der Waals surface area contributed by atoms with Crippen LogP contribution in [0.4, 0.5) is 0 Å². The Hall–Kier alpha value is -0.840. The molecule has 1 aliphatic carbocycles. The molecular weight excluding hydrogens is 270 g/mol. The quantitative estimate of drug-likeness (QED) is 0.839. The molecule has 2 atom stereocenters. The van der Waals surface area contributed by atoms with E-state index in [1.807, 2.05) is 6.07 Å². The molecule has 1 aromatic rings. The molecule has 2 unspecified atom stereocenters. The van der Waals surface area contributed by atoms with Gasteiger partial charge in [-0.2, -0.15) is 0 Å². The van der Waals surface area contributed by atoms with Crippen molar-refractivity contribution in [3.05, 3.63) is 27.4 Å². The topological polar surface area (TPSA) is 49.3 Å². The fourth-order valence-corrected chi connectivity index (χ4v) is 3.05. The summed E-state index contributed by atoms with van der Waals surface area (Å²) in [5, 5.41) is 12.6. The lowest BCUT2D eigenvalue weighted by atomic mass is 9.92. The van der Waals surface area contributed by atoms with E-state index in [0.29, 0.717) is 4.34 Å². The minimum Gasteiger partial charge on any atom is -0.391 e. The van der Waals surface area contributed by atoms with Gasteiger partial charge in [0.25, 0.3) is 0 Å². The van der Waals surface area contributed by atoms with E-state index in [4.69, 9.17) is 11.6 Å². The van der Waals surface area contributed by atoms with Crippen molar-refractivity contribution in [2.75, 3.05) is 0 Å². The Morgan fingerprint density at radius 2 is 2.22 bits per heavy atom. The van der Waals surface area contributed by atoms with Crippen molar-refractivity contribution in [1.29, 1.82) is 0 Å². The Morgan fingerprint density at radius 3 is 2.89 bits per heavy atom. The van der Waals surface area contributed by atoms with Crippen molar-refractivity contribution >= 4 is 34.9 Å². The van der Waals surface area contributed by atoms with Gasteiger partial charge in [-0.25, -0.2) is 0 Å².